The number of hydrogen-bond acceptors (Lipinski definition) is 4. The molecule has 1 aliphatic heterocycles. The van der Waals surface area contributed by atoms with Crippen LogP contribution in [-0.4, -0.2) is 30.7 Å². The number of aliphatic hydroxyl groups is 1. The fourth-order valence-electron chi connectivity index (χ4n) is 1.29. The molecule has 0 aromatic heterocycles. The minimum absolute atomic E-state index is 0.0648. The highest BCUT2D eigenvalue weighted by molar-refractivity contribution is 7.80. The van der Waals surface area contributed by atoms with Crippen molar-refractivity contribution in [2.75, 3.05) is 13.1 Å². The average molecular weight is 281 g/mol. The zero-order valence-corrected chi connectivity index (χ0v) is 10.3. The number of nitrogens with one attached hydrogen (secondary N) is 1. The molecule has 1 saturated heterocycles. The van der Waals surface area contributed by atoms with Crippen LogP contribution in [0.15, 0.2) is 29.2 Å². The van der Waals surface area contributed by atoms with Crippen LogP contribution in [0, 0.1) is 0 Å². The molecule has 0 spiro atoms. The molecule has 0 amide bonds. The Hall–Kier alpha value is -0.920. The summed E-state index contributed by atoms with van der Waals surface area (Å²) >= 11 is 3.91. The van der Waals surface area contributed by atoms with Gasteiger partial charge in [-0.05, 0) is 37.2 Å². The lowest BCUT2D eigenvalue weighted by atomic mass is 10.3. The van der Waals surface area contributed by atoms with E-state index in [9.17, 15) is 13.2 Å². The monoisotopic (exact) mass is 281 g/mol. The lowest BCUT2D eigenvalue weighted by Crippen LogP contribution is -2.16. The van der Waals surface area contributed by atoms with Crippen LogP contribution in [0.25, 0.3) is 0 Å². The Morgan fingerprint density at radius 2 is 1.89 bits per heavy atom. The van der Waals surface area contributed by atoms with Crippen molar-refractivity contribution < 1.29 is 23.0 Å². The standard InChI is InChI=1S/C7H5F3OS.C4H9NO/c8-7(9,10)11-5-1-3-6(12)4-2-5;6-4-1-2-5-3-4/h1-4,12H;4-6H,1-3H2/t;4-/m.0/s1. The molecule has 102 valence electrons. The molecule has 0 unspecified atom stereocenters. The lowest BCUT2D eigenvalue weighted by molar-refractivity contribution is -0.274. The molecule has 18 heavy (non-hydrogen) atoms. The lowest BCUT2D eigenvalue weighted by Gasteiger charge is -2.07. The molecule has 1 fully saturated rings. The third-order valence-electron chi connectivity index (χ3n) is 2.10. The van der Waals surface area contributed by atoms with Gasteiger partial charge in [0.2, 0.25) is 0 Å². The number of thiol groups is 1. The Balaban J connectivity index is 0.000000225. The number of aliphatic hydroxyl groups excluding tert-OH is 1. The summed E-state index contributed by atoms with van der Waals surface area (Å²) in [5, 5.41) is 11.7. The SMILES string of the molecule is FC(F)(F)Oc1ccc(S)cc1.O[C@H]1CCNC1. The minimum Gasteiger partial charge on any atom is -0.406 e. The molecule has 2 rings (SSSR count). The number of hydrogen-bond donors (Lipinski definition) is 3. The summed E-state index contributed by atoms with van der Waals surface area (Å²) in [6.07, 6.45) is -3.76. The van der Waals surface area contributed by atoms with Crippen molar-refractivity contribution in [3.63, 3.8) is 0 Å². The van der Waals surface area contributed by atoms with Gasteiger partial charge in [-0.2, -0.15) is 0 Å². The van der Waals surface area contributed by atoms with Crippen molar-refractivity contribution >= 4 is 12.6 Å². The van der Waals surface area contributed by atoms with Crippen LogP contribution in [0.4, 0.5) is 13.2 Å². The molecule has 0 radical (unpaired) electrons. The fraction of sp³-hybridized carbons (Fsp3) is 0.455. The van der Waals surface area contributed by atoms with Crippen molar-refractivity contribution in [3.05, 3.63) is 24.3 Å². The Labute approximate surface area is 108 Å². The molecule has 1 aromatic carbocycles. The van der Waals surface area contributed by atoms with Gasteiger partial charge in [0, 0.05) is 11.4 Å². The van der Waals surface area contributed by atoms with Gasteiger partial charge in [0.25, 0.3) is 0 Å². The molecule has 7 heteroatoms. The van der Waals surface area contributed by atoms with Crippen molar-refractivity contribution in [3.8, 4) is 5.75 Å². The molecular formula is C11H14F3NO2S. The smallest absolute Gasteiger partial charge is 0.406 e. The van der Waals surface area contributed by atoms with E-state index in [1.165, 1.54) is 24.3 Å². The first kappa shape index (κ1) is 15.1. The van der Waals surface area contributed by atoms with Gasteiger partial charge < -0.3 is 15.2 Å². The molecule has 1 aliphatic rings. The number of halogens is 3. The third kappa shape index (κ3) is 6.73. The highest BCUT2D eigenvalue weighted by atomic mass is 32.1. The first-order valence-electron chi connectivity index (χ1n) is 5.30. The van der Waals surface area contributed by atoms with Crippen LogP contribution in [0.5, 0.6) is 5.75 Å². The first-order valence-corrected chi connectivity index (χ1v) is 5.75. The Morgan fingerprint density at radius 3 is 2.22 bits per heavy atom. The van der Waals surface area contributed by atoms with Crippen LogP contribution >= 0.6 is 12.6 Å². The summed E-state index contributed by atoms with van der Waals surface area (Å²) < 4.78 is 38.4. The summed E-state index contributed by atoms with van der Waals surface area (Å²) in [6, 6.07) is 5.25. The van der Waals surface area contributed by atoms with Crippen molar-refractivity contribution in [1.29, 1.82) is 0 Å². The second-order valence-corrected chi connectivity index (χ2v) is 4.20. The number of alkyl halides is 3. The maximum absolute atomic E-state index is 11.6. The summed E-state index contributed by atoms with van der Waals surface area (Å²) in [5.41, 5.74) is 0. The largest absolute Gasteiger partial charge is 0.573 e. The second-order valence-electron chi connectivity index (χ2n) is 3.69. The third-order valence-corrected chi connectivity index (χ3v) is 2.40. The van der Waals surface area contributed by atoms with Gasteiger partial charge in [0.1, 0.15) is 5.75 Å². The second kappa shape index (κ2) is 6.86. The van der Waals surface area contributed by atoms with Gasteiger partial charge in [-0.1, -0.05) is 0 Å². The van der Waals surface area contributed by atoms with Crippen LogP contribution in [0.2, 0.25) is 0 Å². The highest BCUT2D eigenvalue weighted by Gasteiger charge is 2.30. The number of benzene rings is 1. The fourth-order valence-corrected chi connectivity index (χ4v) is 1.44. The molecule has 0 bridgehead atoms. The topological polar surface area (TPSA) is 41.5 Å². The Bertz CT molecular complexity index is 350. The van der Waals surface area contributed by atoms with Crippen LogP contribution < -0.4 is 10.1 Å². The van der Waals surface area contributed by atoms with Gasteiger partial charge in [0.15, 0.2) is 0 Å². The minimum atomic E-state index is -4.63. The summed E-state index contributed by atoms with van der Waals surface area (Å²) in [4.78, 5) is 0.588. The van der Waals surface area contributed by atoms with E-state index in [2.05, 4.69) is 22.7 Å². The number of rotatable bonds is 1. The van der Waals surface area contributed by atoms with Crippen LogP contribution in [0.1, 0.15) is 6.42 Å². The van der Waals surface area contributed by atoms with Crippen LogP contribution in [-0.2, 0) is 0 Å². The van der Waals surface area contributed by atoms with E-state index in [4.69, 9.17) is 5.11 Å². The molecule has 1 atom stereocenters. The average Bonchev–Trinajstić information content (AvgIpc) is 2.72. The van der Waals surface area contributed by atoms with E-state index in [0.29, 0.717) is 4.90 Å². The summed E-state index contributed by atoms with van der Waals surface area (Å²) in [7, 11) is 0. The Kier molecular flexibility index (Phi) is 5.77. The highest BCUT2D eigenvalue weighted by Crippen LogP contribution is 2.23. The number of β-amino-alcohol motifs (C(OH)–C–C–N with tert-alkyl or cyclic N) is 1. The van der Waals surface area contributed by atoms with E-state index in [1.54, 1.807) is 0 Å². The summed E-state index contributed by atoms with van der Waals surface area (Å²) in [5.74, 6) is -0.236. The van der Waals surface area contributed by atoms with Gasteiger partial charge in [0.05, 0.1) is 6.10 Å². The molecular weight excluding hydrogens is 267 g/mol. The first-order chi connectivity index (χ1) is 8.37. The molecule has 2 N–H and O–H groups in total. The van der Waals surface area contributed by atoms with E-state index in [1.807, 2.05) is 0 Å². The van der Waals surface area contributed by atoms with Crippen molar-refractivity contribution in [2.45, 2.75) is 23.8 Å². The van der Waals surface area contributed by atoms with Gasteiger partial charge >= 0.3 is 6.36 Å². The predicted octanol–water partition coefficient (Wildman–Crippen LogP) is 2.21. The predicted molar refractivity (Wildman–Crippen MR) is 63.9 cm³/mol. The maximum atomic E-state index is 11.6. The van der Waals surface area contributed by atoms with Crippen molar-refractivity contribution in [2.24, 2.45) is 0 Å². The number of ether oxygens (including phenoxy) is 1. The van der Waals surface area contributed by atoms with Gasteiger partial charge in [-0.3, -0.25) is 0 Å². The zero-order valence-electron chi connectivity index (χ0n) is 9.44. The van der Waals surface area contributed by atoms with Crippen molar-refractivity contribution in [1.82, 2.24) is 5.32 Å². The molecule has 0 aliphatic carbocycles. The van der Waals surface area contributed by atoms with E-state index in [-0.39, 0.29) is 11.9 Å². The molecule has 1 aromatic rings. The van der Waals surface area contributed by atoms with Gasteiger partial charge in [-0.15, -0.1) is 25.8 Å². The van der Waals surface area contributed by atoms with E-state index in [0.717, 1.165) is 19.5 Å². The summed E-state index contributed by atoms with van der Waals surface area (Å²) in [6.45, 7) is 1.78. The zero-order chi connectivity index (χ0) is 13.6. The Morgan fingerprint density at radius 1 is 1.28 bits per heavy atom. The normalized spacial score (nSPS) is 19.1. The molecule has 0 saturated carbocycles. The molecule has 1 heterocycles. The van der Waals surface area contributed by atoms with E-state index >= 15 is 0 Å². The maximum Gasteiger partial charge on any atom is 0.573 e. The molecule has 3 nitrogen and oxygen atoms in total. The van der Waals surface area contributed by atoms with Gasteiger partial charge in [-0.25, -0.2) is 0 Å². The van der Waals surface area contributed by atoms with Crippen LogP contribution in [0.3, 0.4) is 0 Å². The quantitative estimate of drug-likeness (QED) is 0.691. The van der Waals surface area contributed by atoms with E-state index < -0.39 is 6.36 Å².